The van der Waals surface area contributed by atoms with E-state index in [1.165, 1.54) is 7.11 Å². The fraction of sp³-hybridized carbons (Fsp3) is 0.474. The van der Waals surface area contributed by atoms with Gasteiger partial charge in [0.05, 0.1) is 13.5 Å². The molecule has 28 heavy (non-hydrogen) atoms. The molecule has 0 spiro atoms. The van der Waals surface area contributed by atoms with E-state index in [-0.39, 0.29) is 24.3 Å². The maximum atomic E-state index is 12.3. The number of carboxylic acid groups (broad SMARTS) is 1. The first-order chi connectivity index (χ1) is 13.4. The van der Waals surface area contributed by atoms with E-state index in [0.717, 1.165) is 30.5 Å². The van der Waals surface area contributed by atoms with Crippen LogP contribution in [0.2, 0.25) is 0 Å². The molecule has 150 valence electrons. The predicted octanol–water partition coefficient (Wildman–Crippen LogP) is 2.53. The molecule has 0 saturated heterocycles. The van der Waals surface area contributed by atoms with Gasteiger partial charge in [-0.2, -0.15) is 5.10 Å². The molecule has 9 heteroatoms. The fourth-order valence-electron chi connectivity index (χ4n) is 3.72. The van der Waals surface area contributed by atoms with Crippen molar-refractivity contribution in [3.8, 4) is 5.88 Å². The number of nitrogens with zero attached hydrogens (tertiary/aromatic N) is 2. The number of amides is 2. The molecule has 3 rings (SSSR count). The second-order valence-electron chi connectivity index (χ2n) is 7.15. The lowest BCUT2D eigenvalue weighted by atomic mass is 9.97. The van der Waals surface area contributed by atoms with Crippen molar-refractivity contribution in [1.82, 2.24) is 20.5 Å². The molecule has 2 heterocycles. The smallest absolute Gasteiger partial charge is 0.404 e. The van der Waals surface area contributed by atoms with Crippen molar-refractivity contribution in [2.45, 2.75) is 44.6 Å². The van der Waals surface area contributed by atoms with Crippen LogP contribution in [0.15, 0.2) is 24.4 Å². The zero-order valence-electron chi connectivity index (χ0n) is 15.9. The Balaban J connectivity index is 1.54. The molecule has 2 unspecified atom stereocenters. The molecule has 1 saturated carbocycles. The van der Waals surface area contributed by atoms with E-state index in [0.29, 0.717) is 17.6 Å². The molecular formula is C19H25N5O4. The van der Waals surface area contributed by atoms with Gasteiger partial charge in [0.1, 0.15) is 0 Å². The third kappa shape index (κ3) is 4.99. The van der Waals surface area contributed by atoms with Gasteiger partial charge in [0.2, 0.25) is 11.8 Å². The van der Waals surface area contributed by atoms with Crippen LogP contribution in [-0.4, -0.2) is 45.4 Å². The van der Waals surface area contributed by atoms with Crippen LogP contribution in [0.3, 0.4) is 0 Å². The highest BCUT2D eigenvalue weighted by Gasteiger charge is 2.31. The predicted molar refractivity (Wildman–Crippen MR) is 102 cm³/mol. The van der Waals surface area contributed by atoms with Crippen molar-refractivity contribution in [1.29, 1.82) is 0 Å². The number of carbonyl (C=O) groups excluding carboxylic acids is 1. The highest BCUT2D eigenvalue weighted by atomic mass is 16.5. The van der Waals surface area contributed by atoms with Gasteiger partial charge in [-0.3, -0.25) is 9.89 Å². The third-order valence-electron chi connectivity index (χ3n) is 5.21. The van der Waals surface area contributed by atoms with Gasteiger partial charge < -0.3 is 20.5 Å². The Labute approximate surface area is 162 Å². The Kier molecular flexibility index (Phi) is 6.13. The lowest BCUT2D eigenvalue weighted by Crippen LogP contribution is -2.36. The van der Waals surface area contributed by atoms with Gasteiger partial charge in [0, 0.05) is 36.0 Å². The standard InChI is InChI=1S/C19H25N5O4/c1-11(21-19(26)27)13-3-4-14(9-13)15-10-16(24-23-15)22-17(25)7-12-5-6-20-18(8-12)28-2/h5-6,8,10-11,13-14,21H,3-4,7,9H2,1-2H3,(H,26,27)(H2,22,23,24,25)/t11?,13?,14-/m0/s1. The summed E-state index contributed by atoms with van der Waals surface area (Å²) in [6.07, 6.45) is 3.61. The number of pyridine rings is 1. The molecule has 3 atom stereocenters. The van der Waals surface area contributed by atoms with E-state index in [1.807, 2.05) is 13.0 Å². The van der Waals surface area contributed by atoms with Crippen LogP contribution >= 0.6 is 0 Å². The summed E-state index contributed by atoms with van der Waals surface area (Å²) in [7, 11) is 1.53. The summed E-state index contributed by atoms with van der Waals surface area (Å²) in [4.78, 5) is 27.1. The number of hydrogen-bond acceptors (Lipinski definition) is 5. The molecular weight excluding hydrogens is 362 g/mol. The molecule has 2 aromatic rings. The van der Waals surface area contributed by atoms with E-state index in [4.69, 9.17) is 9.84 Å². The van der Waals surface area contributed by atoms with Crippen molar-refractivity contribution in [3.05, 3.63) is 35.7 Å². The number of aromatic nitrogens is 3. The van der Waals surface area contributed by atoms with Crippen molar-refractivity contribution in [2.75, 3.05) is 12.4 Å². The fourth-order valence-corrected chi connectivity index (χ4v) is 3.72. The SMILES string of the molecule is COc1cc(CC(=O)Nc2cc([C@H]3CCC(C(C)NC(=O)O)C3)[nH]n2)ccn1. The van der Waals surface area contributed by atoms with Gasteiger partial charge >= 0.3 is 6.09 Å². The van der Waals surface area contributed by atoms with Crippen LogP contribution in [0.4, 0.5) is 10.6 Å². The summed E-state index contributed by atoms with van der Waals surface area (Å²) < 4.78 is 5.06. The van der Waals surface area contributed by atoms with Crippen molar-refractivity contribution in [3.63, 3.8) is 0 Å². The van der Waals surface area contributed by atoms with Gasteiger partial charge in [0.25, 0.3) is 0 Å². The first kappa shape index (κ1) is 19.7. The van der Waals surface area contributed by atoms with E-state index in [2.05, 4.69) is 25.8 Å². The number of H-pyrrole nitrogens is 1. The summed E-state index contributed by atoms with van der Waals surface area (Å²) in [6.45, 7) is 1.90. The second kappa shape index (κ2) is 8.73. The Morgan fingerprint density at radius 2 is 2.21 bits per heavy atom. The third-order valence-corrected chi connectivity index (χ3v) is 5.21. The molecule has 0 aromatic carbocycles. The minimum absolute atomic E-state index is 0.0815. The van der Waals surface area contributed by atoms with Crippen LogP contribution in [0, 0.1) is 5.92 Å². The number of methoxy groups -OCH3 is 1. The first-order valence-corrected chi connectivity index (χ1v) is 9.28. The maximum Gasteiger partial charge on any atom is 0.404 e. The second-order valence-corrected chi connectivity index (χ2v) is 7.15. The molecule has 1 fully saturated rings. The van der Waals surface area contributed by atoms with Gasteiger partial charge in [-0.25, -0.2) is 9.78 Å². The molecule has 4 N–H and O–H groups in total. The normalized spacial score (nSPS) is 19.8. The quantitative estimate of drug-likeness (QED) is 0.578. The summed E-state index contributed by atoms with van der Waals surface area (Å²) in [6, 6.07) is 5.26. The van der Waals surface area contributed by atoms with E-state index in [9.17, 15) is 9.59 Å². The highest BCUT2D eigenvalue weighted by molar-refractivity contribution is 5.91. The Hall–Kier alpha value is -3.10. The molecule has 0 radical (unpaired) electrons. The molecule has 1 aliphatic rings. The number of anilines is 1. The van der Waals surface area contributed by atoms with Crippen LogP contribution < -0.4 is 15.4 Å². The van der Waals surface area contributed by atoms with Crippen LogP contribution in [0.5, 0.6) is 5.88 Å². The first-order valence-electron chi connectivity index (χ1n) is 9.28. The molecule has 9 nitrogen and oxygen atoms in total. The number of carbonyl (C=O) groups is 2. The summed E-state index contributed by atoms with van der Waals surface area (Å²) in [5.41, 5.74) is 1.77. The minimum Gasteiger partial charge on any atom is -0.481 e. The van der Waals surface area contributed by atoms with Crippen LogP contribution in [0.25, 0.3) is 0 Å². The molecule has 0 bridgehead atoms. The van der Waals surface area contributed by atoms with Crippen molar-refractivity contribution in [2.24, 2.45) is 5.92 Å². The monoisotopic (exact) mass is 387 g/mol. The van der Waals surface area contributed by atoms with Crippen molar-refractivity contribution >= 4 is 17.8 Å². The average molecular weight is 387 g/mol. The number of ether oxygens (including phenoxy) is 1. The summed E-state index contributed by atoms with van der Waals surface area (Å²) >= 11 is 0. The van der Waals surface area contributed by atoms with Gasteiger partial charge in [-0.05, 0) is 43.7 Å². The van der Waals surface area contributed by atoms with E-state index < -0.39 is 6.09 Å². The largest absolute Gasteiger partial charge is 0.481 e. The topological polar surface area (TPSA) is 129 Å². The number of hydrogen-bond donors (Lipinski definition) is 4. The Bertz CT molecular complexity index is 837. The molecule has 1 aliphatic carbocycles. The van der Waals surface area contributed by atoms with Gasteiger partial charge in [-0.1, -0.05) is 0 Å². The number of rotatable bonds is 7. The van der Waals surface area contributed by atoms with Crippen molar-refractivity contribution < 1.29 is 19.4 Å². The molecule has 0 aliphatic heterocycles. The lowest BCUT2D eigenvalue weighted by molar-refractivity contribution is -0.115. The summed E-state index contributed by atoms with van der Waals surface area (Å²) in [5.74, 6) is 1.36. The Morgan fingerprint density at radius 1 is 1.39 bits per heavy atom. The van der Waals surface area contributed by atoms with Crippen LogP contribution in [0.1, 0.15) is 43.4 Å². The van der Waals surface area contributed by atoms with E-state index >= 15 is 0 Å². The van der Waals surface area contributed by atoms with Gasteiger partial charge in [-0.15, -0.1) is 0 Å². The lowest BCUT2D eigenvalue weighted by Gasteiger charge is -2.18. The highest BCUT2D eigenvalue weighted by Crippen LogP contribution is 2.39. The van der Waals surface area contributed by atoms with Gasteiger partial charge in [0.15, 0.2) is 5.82 Å². The molecule has 2 amide bonds. The molecule has 2 aromatic heterocycles. The van der Waals surface area contributed by atoms with Crippen LogP contribution in [-0.2, 0) is 11.2 Å². The summed E-state index contributed by atoms with van der Waals surface area (Å²) in [5, 5.41) is 21.4. The zero-order valence-corrected chi connectivity index (χ0v) is 15.9. The Morgan fingerprint density at radius 3 is 2.96 bits per heavy atom. The number of aromatic amines is 1. The zero-order chi connectivity index (χ0) is 20.1. The average Bonchev–Trinajstić information content (AvgIpc) is 3.30. The van der Waals surface area contributed by atoms with E-state index in [1.54, 1.807) is 18.3 Å². The number of nitrogens with one attached hydrogen (secondary N) is 3. The minimum atomic E-state index is -0.991. The maximum absolute atomic E-state index is 12.3.